The molecule has 7 nitrogen and oxygen atoms in total. The van der Waals surface area contributed by atoms with Crippen molar-refractivity contribution >= 4 is 23.4 Å². The van der Waals surface area contributed by atoms with Gasteiger partial charge in [-0.05, 0) is 49.5 Å². The Morgan fingerprint density at radius 1 is 1.12 bits per heavy atom. The minimum atomic E-state index is -1.14. The van der Waals surface area contributed by atoms with E-state index in [2.05, 4.69) is 0 Å². The first-order chi connectivity index (χ1) is 15.6. The van der Waals surface area contributed by atoms with Crippen molar-refractivity contribution < 1.29 is 29.0 Å². The predicted octanol–water partition coefficient (Wildman–Crippen LogP) is 2.79. The largest absolute Gasteiger partial charge is 0.508 e. The summed E-state index contributed by atoms with van der Waals surface area (Å²) in [5.74, 6) is -3.08. The molecule has 4 aliphatic rings. The molecule has 0 unspecified atom stereocenters. The molecule has 33 heavy (non-hydrogen) atoms. The third kappa shape index (κ3) is 2.68. The van der Waals surface area contributed by atoms with Crippen LogP contribution in [0.1, 0.15) is 38.2 Å². The number of hydrogen-bond donors (Lipinski definition) is 1. The normalized spacial score (nSPS) is 35.5. The first-order valence-corrected chi connectivity index (χ1v) is 11.3. The zero-order valence-corrected chi connectivity index (χ0v) is 19.1. The summed E-state index contributed by atoms with van der Waals surface area (Å²) in [5.41, 5.74) is 0.525. The molecule has 5 rings (SSSR count). The summed E-state index contributed by atoms with van der Waals surface area (Å²) in [6.07, 6.45) is 4.06. The number of imide groups is 1. The van der Waals surface area contributed by atoms with Gasteiger partial charge in [-0.3, -0.25) is 24.1 Å². The van der Waals surface area contributed by atoms with Crippen LogP contribution >= 0.6 is 0 Å². The molecule has 3 aliphatic carbocycles. The van der Waals surface area contributed by atoms with E-state index >= 15 is 0 Å². The van der Waals surface area contributed by atoms with Gasteiger partial charge >= 0.3 is 0 Å². The number of likely N-dealkylation sites (tertiary alicyclic amines) is 1. The van der Waals surface area contributed by atoms with E-state index in [9.17, 15) is 24.3 Å². The van der Waals surface area contributed by atoms with Crippen molar-refractivity contribution in [1.82, 2.24) is 4.90 Å². The summed E-state index contributed by atoms with van der Waals surface area (Å²) in [7, 11) is 3.00. The molecular formula is C26H27NO6. The maximum absolute atomic E-state index is 13.7. The van der Waals surface area contributed by atoms with E-state index in [0.29, 0.717) is 29.7 Å². The smallest absolute Gasteiger partial charge is 0.233 e. The Hall–Kier alpha value is -3.22. The molecular weight excluding hydrogens is 422 g/mol. The lowest BCUT2D eigenvalue weighted by molar-refractivity contribution is -0.142. The Balaban J connectivity index is 1.78. The first-order valence-electron chi connectivity index (χ1n) is 11.3. The van der Waals surface area contributed by atoms with Crippen LogP contribution in [-0.2, 0) is 19.2 Å². The third-order valence-electron chi connectivity index (χ3n) is 8.41. The molecule has 1 saturated heterocycles. The van der Waals surface area contributed by atoms with Gasteiger partial charge in [0.1, 0.15) is 11.5 Å². The molecule has 0 aromatic heterocycles. The van der Waals surface area contributed by atoms with Gasteiger partial charge in [0.2, 0.25) is 11.8 Å². The predicted molar refractivity (Wildman–Crippen MR) is 118 cm³/mol. The van der Waals surface area contributed by atoms with Gasteiger partial charge < -0.3 is 9.84 Å². The van der Waals surface area contributed by atoms with Gasteiger partial charge in [0.15, 0.2) is 11.6 Å². The summed E-state index contributed by atoms with van der Waals surface area (Å²) < 4.78 is 5.59. The molecule has 1 N–H and O–H groups in total. The molecule has 0 bridgehead atoms. The van der Waals surface area contributed by atoms with Gasteiger partial charge in [0.05, 0.1) is 24.4 Å². The van der Waals surface area contributed by atoms with Crippen molar-refractivity contribution in [1.29, 1.82) is 0 Å². The van der Waals surface area contributed by atoms with Crippen molar-refractivity contribution in [2.75, 3.05) is 14.2 Å². The second-order valence-electron chi connectivity index (χ2n) is 9.87. The summed E-state index contributed by atoms with van der Waals surface area (Å²) in [6, 6.07) is 4.93. The number of carbonyl (C=O) groups excluding carboxylic acids is 4. The summed E-state index contributed by atoms with van der Waals surface area (Å²) in [6.45, 7) is 3.44. The van der Waals surface area contributed by atoms with Crippen LogP contribution in [0.3, 0.4) is 0 Å². The molecule has 6 atom stereocenters. The van der Waals surface area contributed by atoms with Crippen molar-refractivity contribution in [3.05, 3.63) is 47.1 Å². The van der Waals surface area contributed by atoms with Crippen LogP contribution in [-0.4, -0.2) is 47.5 Å². The zero-order valence-electron chi connectivity index (χ0n) is 19.1. The van der Waals surface area contributed by atoms with Crippen LogP contribution in [0.25, 0.3) is 0 Å². The lowest BCUT2D eigenvalue weighted by atomic mass is 9.47. The average molecular weight is 450 g/mol. The SMILES string of the molecule is COc1cccc(O)c1[C@H]1C2=CC[C@@H]3C(=O)N(C)C(=O)[C@@H]3[C@@H]2C[C@H]2C(=O)C=C(C)C(=O)[C@@]12C. The number of phenols is 1. The topological polar surface area (TPSA) is 101 Å². The summed E-state index contributed by atoms with van der Waals surface area (Å²) in [5, 5.41) is 11.0. The molecule has 1 aromatic carbocycles. The Morgan fingerprint density at radius 3 is 2.55 bits per heavy atom. The maximum atomic E-state index is 13.7. The van der Waals surface area contributed by atoms with Gasteiger partial charge in [-0.1, -0.05) is 24.6 Å². The van der Waals surface area contributed by atoms with E-state index < -0.39 is 29.1 Å². The van der Waals surface area contributed by atoms with E-state index in [1.807, 2.05) is 6.08 Å². The number of phenolic OH excluding ortho intramolecular Hbond substituents is 1. The van der Waals surface area contributed by atoms with Crippen molar-refractivity contribution in [2.24, 2.45) is 29.1 Å². The van der Waals surface area contributed by atoms with Crippen LogP contribution < -0.4 is 4.74 Å². The quantitative estimate of drug-likeness (QED) is 0.550. The summed E-state index contributed by atoms with van der Waals surface area (Å²) >= 11 is 0. The molecule has 2 amide bonds. The number of amides is 2. The minimum Gasteiger partial charge on any atom is -0.508 e. The van der Waals surface area contributed by atoms with E-state index in [-0.39, 0.29) is 35.0 Å². The standard InChI is InChI=1S/C26H27NO6/c1-12-10-18(29)16-11-15-13(8-9-14-20(15)25(32)27(3)24(14)31)22(26(16,2)23(12)30)21-17(28)6-5-7-19(21)33-4/h5-8,10,14-16,20,22,28H,9,11H2,1-4H3/t14-,15+,16-,20-,22+,26+/m0/s1. The molecule has 1 aliphatic heterocycles. The van der Waals surface area contributed by atoms with Gasteiger partial charge in [0, 0.05) is 24.4 Å². The lowest BCUT2D eigenvalue weighted by Gasteiger charge is -2.53. The third-order valence-corrected chi connectivity index (χ3v) is 8.41. The second kappa shape index (κ2) is 7.14. The fourth-order valence-electron chi connectivity index (χ4n) is 6.86. The highest BCUT2D eigenvalue weighted by atomic mass is 16.5. The fourth-order valence-corrected chi connectivity index (χ4v) is 6.86. The van der Waals surface area contributed by atoms with Crippen LogP contribution in [0, 0.1) is 29.1 Å². The number of aromatic hydroxyl groups is 1. The molecule has 0 spiro atoms. The van der Waals surface area contributed by atoms with E-state index in [4.69, 9.17) is 4.74 Å². The fraction of sp³-hybridized carbons (Fsp3) is 0.462. The molecule has 1 aromatic rings. The second-order valence-corrected chi connectivity index (χ2v) is 9.87. The van der Waals surface area contributed by atoms with Crippen molar-refractivity contribution in [3.8, 4) is 11.5 Å². The number of rotatable bonds is 2. The van der Waals surface area contributed by atoms with Crippen LogP contribution in [0.5, 0.6) is 11.5 Å². The first kappa shape index (κ1) is 21.6. The Labute approximate surface area is 192 Å². The number of nitrogens with zero attached hydrogens (tertiary/aromatic N) is 1. The number of ether oxygens (including phenoxy) is 1. The lowest BCUT2D eigenvalue weighted by Crippen LogP contribution is -2.54. The Morgan fingerprint density at radius 2 is 1.85 bits per heavy atom. The highest BCUT2D eigenvalue weighted by Gasteiger charge is 2.63. The number of ketones is 2. The van der Waals surface area contributed by atoms with Gasteiger partial charge in [0.25, 0.3) is 0 Å². The molecule has 172 valence electrons. The highest BCUT2D eigenvalue weighted by Crippen LogP contribution is 2.64. The monoisotopic (exact) mass is 449 g/mol. The Bertz CT molecular complexity index is 1180. The number of methoxy groups -OCH3 is 1. The molecule has 1 saturated carbocycles. The summed E-state index contributed by atoms with van der Waals surface area (Å²) in [4.78, 5) is 54.0. The molecule has 0 radical (unpaired) electrons. The average Bonchev–Trinajstić information content (AvgIpc) is 3.01. The van der Waals surface area contributed by atoms with Crippen molar-refractivity contribution in [2.45, 2.75) is 32.6 Å². The molecule has 1 heterocycles. The van der Waals surface area contributed by atoms with E-state index in [1.54, 1.807) is 32.0 Å². The number of fused-ring (bicyclic) bond motifs is 4. The van der Waals surface area contributed by atoms with Crippen LogP contribution in [0.4, 0.5) is 0 Å². The molecule has 2 fully saturated rings. The number of Topliss-reactive ketones (excluding diaryl/α,β-unsaturated/α-hetero) is 1. The van der Waals surface area contributed by atoms with Crippen LogP contribution in [0.15, 0.2) is 41.5 Å². The highest BCUT2D eigenvalue weighted by molar-refractivity contribution is 6.13. The molecule has 7 heteroatoms. The number of carbonyl (C=O) groups is 4. The van der Waals surface area contributed by atoms with E-state index in [0.717, 1.165) is 5.57 Å². The number of benzene rings is 1. The Kier molecular flexibility index (Phi) is 4.68. The van der Waals surface area contributed by atoms with Crippen LogP contribution in [0.2, 0.25) is 0 Å². The van der Waals surface area contributed by atoms with Gasteiger partial charge in [-0.15, -0.1) is 0 Å². The maximum Gasteiger partial charge on any atom is 0.233 e. The number of hydrogen-bond acceptors (Lipinski definition) is 6. The van der Waals surface area contributed by atoms with Gasteiger partial charge in [-0.2, -0.15) is 0 Å². The van der Waals surface area contributed by atoms with E-state index in [1.165, 1.54) is 25.1 Å². The number of allylic oxidation sites excluding steroid dienone is 4. The van der Waals surface area contributed by atoms with Crippen molar-refractivity contribution in [3.63, 3.8) is 0 Å². The zero-order chi connectivity index (χ0) is 23.8. The minimum absolute atomic E-state index is 0.0265. The van der Waals surface area contributed by atoms with Gasteiger partial charge in [-0.25, -0.2) is 0 Å².